The molecule has 0 amide bonds. The van der Waals surface area contributed by atoms with Gasteiger partial charge in [-0.3, -0.25) is 9.80 Å². The molecule has 4 rings (SSSR count). The van der Waals surface area contributed by atoms with Crippen LogP contribution in [0.15, 0.2) is 27.1 Å². The quantitative estimate of drug-likeness (QED) is 0.728. The maximum atomic E-state index is 13.3. The first-order chi connectivity index (χ1) is 11.6. The predicted molar refractivity (Wildman–Crippen MR) is 83.7 cm³/mol. The first-order valence-electron chi connectivity index (χ1n) is 7.86. The maximum absolute atomic E-state index is 13.3. The molecule has 2 aromatic heterocycles. The van der Waals surface area contributed by atoms with Crippen molar-refractivity contribution in [3.63, 3.8) is 0 Å². The Morgan fingerprint density at radius 1 is 1.29 bits per heavy atom. The van der Waals surface area contributed by atoms with Gasteiger partial charge in [0.25, 0.3) is 0 Å². The van der Waals surface area contributed by atoms with E-state index in [-0.39, 0.29) is 11.9 Å². The minimum absolute atomic E-state index is 0.0433. The number of oxazole rings is 1. The topological polar surface area (TPSA) is 71.4 Å². The number of hydrogen-bond donors (Lipinski definition) is 0. The largest absolute Gasteiger partial charge is 0.439 e. The molecular formula is C16H18FN5O2. The number of aryl methyl sites for hydroxylation is 1. The van der Waals surface area contributed by atoms with Crippen LogP contribution in [-0.4, -0.2) is 51.6 Å². The second-order valence-electron chi connectivity index (χ2n) is 6.13. The van der Waals surface area contributed by atoms with Crippen molar-refractivity contribution in [3.05, 3.63) is 41.6 Å². The van der Waals surface area contributed by atoms with Crippen LogP contribution in [0.1, 0.15) is 23.6 Å². The van der Waals surface area contributed by atoms with E-state index in [0.29, 0.717) is 35.3 Å². The van der Waals surface area contributed by atoms with Gasteiger partial charge in [-0.05, 0) is 26.1 Å². The Hall–Kier alpha value is -2.32. The van der Waals surface area contributed by atoms with Crippen LogP contribution in [0.3, 0.4) is 0 Å². The van der Waals surface area contributed by atoms with E-state index < -0.39 is 0 Å². The molecule has 0 aliphatic carbocycles. The summed E-state index contributed by atoms with van der Waals surface area (Å²) in [6.45, 7) is 4.87. The summed E-state index contributed by atoms with van der Waals surface area (Å²) in [7, 11) is 2.05. The van der Waals surface area contributed by atoms with Gasteiger partial charge in [-0.25, -0.2) is 9.37 Å². The molecule has 8 heteroatoms. The minimum Gasteiger partial charge on any atom is -0.439 e. The van der Waals surface area contributed by atoms with Crippen LogP contribution in [0.25, 0.3) is 11.1 Å². The maximum Gasteiger partial charge on any atom is 0.245 e. The van der Waals surface area contributed by atoms with Gasteiger partial charge in [-0.1, -0.05) is 5.16 Å². The molecule has 3 aromatic rings. The molecule has 3 heterocycles. The summed E-state index contributed by atoms with van der Waals surface area (Å²) in [6, 6.07) is 4.41. The lowest BCUT2D eigenvalue weighted by atomic mass is 10.2. The van der Waals surface area contributed by atoms with E-state index in [9.17, 15) is 4.39 Å². The van der Waals surface area contributed by atoms with Crippen molar-refractivity contribution >= 4 is 11.1 Å². The highest BCUT2D eigenvalue weighted by Crippen LogP contribution is 2.24. The number of aromatic nitrogens is 3. The Morgan fingerprint density at radius 3 is 2.96 bits per heavy atom. The van der Waals surface area contributed by atoms with Gasteiger partial charge in [-0.2, -0.15) is 4.98 Å². The Morgan fingerprint density at radius 2 is 2.17 bits per heavy atom. The molecule has 0 bridgehead atoms. The summed E-state index contributed by atoms with van der Waals surface area (Å²) in [5.74, 6) is 1.53. The summed E-state index contributed by atoms with van der Waals surface area (Å²) in [6.07, 6.45) is 0. The van der Waals surface area contributed by atoms with Gasteiger partial charge in [0, 0.05) is 25.7 Å². The van der Waals surface area contributed by atoms with Crippen molar-refractivity contribution < 1.29 is 13.3 Å². The Labute approximate surface area is 138 Å². The zero-order valence-corrected chi connectivity index (χ0v) is 13.6. The molecule has 1 atom stereocenters. The summed E-state index contributed by atoms with van der Waals surface area (Å²) in [5, 5.41) is 3.87. The van der Waals surface area contributed by atoms with Crippen LogP contribution in [-0.2, 0) is 6.54 Å². The van der Waals surface area contributed by atoms with E-state index in [1.165, 1.54) is 12.1 Å². The molecule has 7 nitrogen and oxygen atoms in total. The van der Waals surface area contributed by atoms with Crippen LogP contribution < -0.4 is 0 Å². The standard InChI is InChI=1S/C16H18FN5O2/c1-10-18-16(24-20-10)13-8-22(6-5-21(13)2)9-15-19-12-7-11(17)3-4-14(12)23-15/h3-4,7,13H,5-6,8-9H2,1-2H3. The van der Waals surface area contributed by atoms with Gasteiger partial charge in [-0.15, -0.1) is 0 Å². The fourth-order valence-corrected chi connectivity index (χ4v) is 3.00. The zero-order valence-electron chi connectivity index (χ0n) is 13.6. The van der Waals surface area contributed by atoms with Gasteiger partial charge in [0.05, 0.1) is 6.54 Å². The highest BCUT2D eigenvalue weighted by atomic mass is 19.1. The molecule has 1 unspecified atom stereocenters. The van der Waals surface area contributed by atoms with Crippen LogP contribution in [0, 0.1) is 12.7 Å². The number of nitrogens with zero attached hydrogens (tertiary/aromatic N) is 5. The third-order valence-corrected chi connectivity index (χ3v) is 4.31. The number of rotatable bonds is 3. The van der Waals surface area contributed by atoms with Crippen molar-refractivity contribution in [2.45, 2.75) is 19.5 Å². The SMILES string of the molecule is Cc1noc(C2CN(Cc3nc4cc(F)ccc4o3)CCN2C)n1. The van der Waals surface area contributed by atoms with Crippen LogP contribution >= 0.6 is 0 Å². The highest BCUT2D eigenvalue weighted by molar-refractivity contribution is 5.72. The van der Waals surface area contributed by atoms with Gasteiger partial charge >= 0.3 is 0 Å². The van der Waals surface area contributed by atoms with Crippen LogP contribution in [0.4, 0.5) is 4.39 Å². The number of benzene rings is 1. The summed E-state index contributed by atoms with van der Waals surface area (Å²) >= 11 is 0. The normalized spacial score (nSPS) is 20.0. The van der Waals surface area contributed by atoms with E-state index in [4.69, 9.17) is 8.94 Å². The first-order valence-corrected chi connectivity index (χ1v) is 7.86. The molecule has 126 valence electrons. The van der Waals surface area contributed by atoms with Crippen molar-refractivity contribution in [1.82, 2.24) is 24.9 Å². The molecule has 1 saturated heterocycles. The average Bonchev–Trinajstić information content (AvgIpc) is 3.14. The number of hydrogen-bond acceptors (Lipinski definition) is 7. The smallest absolute Gasteiger partial charge is 0.245 e. The van der Waals surface area contributed by atoms with E-state index in [0.717, 1.165) is 19.6 Å². The van der Waals surface area contributed by atoms with Crippen LogP contribution in [0.2, 0.25) is 0 Å². The van der Waals surface area contributed by atoms with Crippen molar-refractivity contribution in [3.8, 4) is 0 Å². The van der Waals surface area contributed by atoms with E-state index in [1.54, 1.807) is 6.07 Å². The number of halogens is 1. The van der Waals surface area contributed by atoms with Gasteiger partial charge in [0.15, 0.2) is 11.4 Å². The number of piperazine rings is 1. The molecular weight excluding hydrogens is 313 g/mol. The van der Waals surface area contributed by atoms with Crippen molar-refractivity contribution in [1.29, 1.82) is 0 Å². The Bertz CT molecular complexity index is 861. The van der Waals surface area contributed by atoms with E-state index >= 15 is 0 Å². The predicted octanol–water partition coefficient (Wildman–Crippen LogP) is 2.15. The fourth-order valence-electron chi connectivity index (χ4n) is 3.00. The second-order valence-corrected chi connectivity index (χ2v) is 6.13. The zero-order chi connectivity index (χ0) is 16.7. The van der Waals surface area contributed by atoms with Crippen molar-refractivity contribution in [2.75, 3.05) is 26.7 Å². The van der Waals surface area contributed by atoms with E-state index in [1.807, 2.05) is 14.0 Å². The number of fused-ring (bicyclic) bond motifs is 1. The lowest BCUT2D eigenvalue weighted by Gasteiger charge is -2.36. The molecule has 0 saturated carbocycles. The highest BCUT2D eigenvalue weighted by Gasteiger charge is 2.30. The Kier molecular flexibility index (Phi) is 3.78. The Balaban J connectivity index is 1.51. The molecule has 1 aliphatic rings. The summed E-state index contributed by atoms with van der Waals surface area (Å²) in [4.78, 5) is 13.1. The average molecular weight is 331 g/mol. The minimum atomic E-state index is -0.311. The summed E-state index contributed by atoms with van der Waals surface area (Å²) in [5.41, 5.74) is 1.15. The van der Waals surface area contributed by atoms with Crippen LogP contribution in [0.5, 0.6) is 0 Å². The lowest BCUT2D eigenvalue weighted by Crippen LogP contribution is -2.46. The third-order valence-electron chi connectivity index (χ3n) is 4.31. The number of likely N-dealkylation sites (N-methyl/N-ethyl adjacent to an activating group) is 1. The molecule has 0 N–H and O–H groups in total. The molecule has 0 spiro atoms. The monoisotopic (exact) mass is 331 g/mol. The molecule has 0 radical (unpaired) electrons. The molecule has 24 heavy (non-hydrogen) atoms. The fraction of sp³-hybridized carbons (Fsp3) is 0.438. The first kappa shape index (κ1) is 15.2. The molecule has 1 aliphatic heterocycles. The summed E-state index contributed by atoms with van der Waals surface area (Å²) < 4.78 is 24.3. The van der Waals surface area contributed by atoms with Gasteiger partial charge < -0.3 is 8.94 Å². The van der Waals surface area contributed by atoms with Gasteiger partial charge in [0.1, 0.15) is 17.4 Å². The van der Waals surface area contributed by atoms with Crippen molar-refractivity contribution in [2.24, 2.45) is 0 Å². The lowest BCUT2D eigenvalue weighted by molar-refractivity contribution is 0.0667. The molecule has 1 aromatic carbocycles. The molecule has 1 fully saturated rings. The van der Waals surface area contributed by atoms with E-state index in [2.05, 4.69) is 24.9 Å². The second kappa shape index (κ2) is 5.95. The third kappa shape index (κ3) is 2.90. The van der Waals surface area contributed by atoms with Gasteiger partial charge in [0.2, 0.25) is 11.8 Å².